The molecular weight excluding hydrogens is 481 g/mol. The number of halogens is 3. The average Bonchev–Trinajstić information content (AvgIpc) is 2.63. The summed E-state index contributed by atoms with van der Waals surface area (Å²) in [6, 6.07) is 5.18. The first-order valence-corrected chi connectivity index (χ1v) is 9.29. The van der Waals surface area contributed by atoms with Gasteiger partial charge in [0.05, 0.1) is 13.7 Å². The minimum Gasteiger partial charge on any atom is -0.497 e. The van der Waals surface area contributed by atoms with Crippen molar-refractivity contribution in [3.63, 3.8) is 0 Å². The van der Waals surface area contributed by atoms with Crippen LogP contribution in [-0.4, -0.2) is 56.8 Å². The molecule has 9 heteroatoms. The van der Waals surface area contributed by atoms with Gasteiger partial charge in [0.1, 0.15) is 11.5 Å². The van der Waals surface area contributed by atoms with Gasteiger partial charge in [0.15, 0.2) is 5.96 Å². The molecule has 0 amide bonds. The fourth-order valence-corrected chi connectivity index (χ4v) is 2.62. The molecule has 0 aliphatic carbocycles. The van der Waals surface area contributed by atoms with Gasteiger partial charge in [-0.2, -0.15) is 8.78 Å². The summed E-state index contributed by atoms with van der Waals surface area (Å²) in [5.74, 6) is 1.29. The maximum absolute atomic E-state index is 12.6. The lowest BCUT2D eigenvalue weighted by atomic mass is 10.2. The summed E-state index contributed by atoms with van der Waals surface area (Å²) in [5.41, 5.74) is 0.532. The van der Waals surface area contributed by atoms with Crippen molar-refractivity contribution in [2.45, 2.75) is 46.9 Å². The number of aliphatic imine (C=N–C) groups is 1. The quantitative estimate of drug-likeness (QED) is 0.268. The van der Waals surface area contributed by atoms with E-state index in [4.69, 9.17) is 4.74 Å². The fourth-order valence-electron chi connectivity index (χ4n) is 2.62. The van der Waals surface area contributed by atoms with Crippen molar-refractivity contribution in [2.75, 3.05) is 33.3 Å². The molecule has 0 spiro atoms. The van der Waals surface area contributed by atoms with E-state index in [0.717, 1.165) is 19.6 Å². The third-order valence-electron chi connectivity index (χ3n) is 4.06. The van der Waals surface area contributed by atoms with Crippen LogP contribution in [0.15, 0.2) is 23.2 Å². The van der Waals surface area contributed by atoms with E-state index in [0.29, 0.717) is 29.9 Å². The highest BCUT2D eigenvalue weighted by atomic mass is 127. The number of guanidine groups is 1. The number of ether oxygens (including phenoxy) is 2. The molecule has 0 radical (unpaired) electrons. The van der Waals surface area contributed by atoms with E-state index < -0.39 is 6.61 Å². The van der Waals surface area contributed by atoms with E-state index in [1.165, 1.54) is 13.2 Å². The zero-order valence-corrected chi connectivity index (χ0v) is 19.6. The van der Waals surface area contributed by atoms with Crippen LogP contribution in [0.3, 0.4) is 0 Å². The number of benzene rings is 1. The second kappa shape index (κ2) is 14.6. The summed E-state index contributed by atoms with van der Waals surface area (Å²) in [4.78, 5) is 6.83. The van der Waals surface area contributed by atoms with Gasteiger partial charge in [-0.1, -0.05) is 6.92 Å². The molecule has 0 unspecified atom stereocenters. The summed E-state index contributed by atoms with van der Waals surface area (Å²) in [7, 11) is 1.52. The van der Waals surface area contributed by atoms with Crippen molar-refractivity contribution >= 4 is 29.9 Å². The van der Waals surface area contributed by atoms with Gasteiger partial charge in [0, 0.05) is 31.2 Å². The zero-order valence-electron chi connectivity index (χ0n) is 17.3. The molecule has 0 aromatic heterocycles. The van der Waals surface area contributed by atoms with Crippen LogP contribution in [0.25, 0.3) is 0 Å². The lowest BCUT2D eigenvalue weighted by Gasteiger charge is -2.25. The first-order valence-electron chi connectivity index (χ1n) is 9.29. The molecule has 6 nitrogen and oxygen atoms in total. The number of alkyl halides is 2. The number of hydrogen-bond acceptors (Lipinski definition) is 4. The van der Waals surface area contributed by atoms with Crippen LogP contribution in [0.2, 0.25) is 0 Å². The molecule has 2 N–H and O–H groups in total. The van der Waals surface area contributed by atoms with Gasteiger partial charge in [0.25, 0.3) is 0 Å². The molecule has 28 heavy (non-hydrogen) atoms. The lowest BCUT2D eigenvalue weighted by Crippen LogP contribution is -2.43. The van der Waals surface area contributed by atoms with Crippen LogP contribution in [0.1, 0.15) is 33.3 Å². The van der Waals surface area contributed by atoms with E-state index >= 15 is 0 Å². The Kier molecular flexibility index (Phi) is 13.9. The molecule has 0 fully saturated rings. The van der Waals surface area contributed by atoms with Crippen LogP contribution < -0.4 is 20.1 Å². The third-order valence-corrected chi connectivity index (χ3v) is 4.06. The monoisotopic (exact) mass is 514 g/mol. The SMILES string of the molecule is CCNC(=NCc1cc(OC)ccc1OC(F)F)NCCN(CC)C(C)C.I. The molecule has 0 saturated carbocycles. The normalized spacial score (nSPS) is 11.6. The number of nitrogens with zero attached hydrogens (tertiary/aromatic N) is 2. The topological polar surface area (TPSA) is 58.1 Å². The predicted molar refractivity (Wildman–Crippen MR) is 120 cm³/mol. The lowest BCUT2D eigenvalue weighted by molar-refractivity contribution is -0.0504. The Bertz CT molecular complexity index is 589. The van der Waals surface area contributed by atoms with Crippen molar-refractivity contribution < 1.29 is 18.3 Å². The Balaban J connectivity index is 0.00000729. The minimum atomic E-state index is -2.89. The van der Waals surface area contributed by atoms with E-state index in [1.807, 2.05) is 6.92 Å². The Morgan fingerprint density at radius 3 is 2.46 bits per heavy atom. The number of nitrogens with one attached hydrogen (secondary N) is 2. The highest BCUT2D eigenvalue weighted by Crippen LogP contribution is 2.26. The van der Waals surface area contributed by atoms with Crippen molar-refractivity contribution in [1.29, 1.82) is 0 Å². The summed E-state index contributed by atoms with van der Waals surface area (Å²) < 4.78 is 35.0. The van der Waals surface area contributed by atoms with Gasteiger partial charge in [-0.15, -0.1) is 24.0 Å². The second-order valence-corrected chi connectivity index (χ2v) is 6.20. The van der Waals surface area contributed by atoms with Gasteiger partial charge in [-0.25, -0.2) is 4.99 Å². The van der Waals surface area contributed by atoms with Gasteiger partial charge in [-0.05, 0) is 45.5 Å². The highest BCUT2D eigenvalue weighted by Gasteiger charge is 2.11. The number of methoxy groups -OCH3 is 1. The molecule has 1 rings (SSSR count). The van der Waals surface area contributed by atoms with E-state index in [9.17, 15) is 8.78 Å². The molecular formula is C19H33F2IN4O2. The van der Waals surface area contributed by atoms with E-state index in [2.05, 4.69) is 46.0 Å². The fraction of sp³-hybridized carbons (Fsp3) is 0.632. The van der Waals surface area contributed by atoms with Crippen molar-refractivity contribution in [3.05, 3.63) is 23.8 Å². The number of likely N-dealkylation sites (N-methyl/N-ethyl adjacent to an activating group) is 1. The minimum absolute atomic E-state index is 0. The van der Waals surface area contributed by atoms with Crippen LogP contribution >= 0.6 is 24.0 Å². The molecule has 1 aromatic rings. The van der Waals surface area contributed by atoms with Crippen molar-refractivity contribution in [3.8, 4) is 11.5 Å². The summed E-state index contributed by atoms with van der Waals surface area (Å²) in [5, 5.41) is 6.44. The molecule has 0 bridgehead atoms. The Morgan fingerprint density at radius 1 is 1.21 bits per heavy atom. The van der Waals surface area contributed by atoms with E-state index in [-0.39, 0.29) is 36.3 Å². The maximum Gasteiger partial charge on any atom is 0.387 e. The molecule has 0 saturated heterocycles. The maximum atomic E-state index is 12.6. The highest BCUT2D eigenvalue weighted by molar-refractivity contribution is 14.0. The predicted octanol–water partition coefficient (Wildman–Crippen LogP) is 3.70. The molecule has 0 heterocycles. The molecule has 1 aromatic carbocycles. The van der Waals surface area contributed by atoms with Gasteiger partial charge in [-0.3, -0.25) is 4.90 Å². The summed E-state index contributed by atoms with van der Waals surface area (Å²) in [6.45, 7) is 9.03. The largest absolute Gasteiger partial charge is 0.497 e. The summed E-state index contributed by atoms with van der Waals surface area (Å²) >= 11 is 0. The second-order valence-electron chi connectivity index (χ2n) is 6.20. The molecule has 0 aliphatic heterocycles. The smallest absolute Gasteiger partial charge is 0.387 e. The first kappa shape index (κ1) is 26.6. The Labute approximate surface area is 184 Å². The van der Waals surface area contributed by atoms with Crippen LogP contribution in [0.4, 0.5) is 8.78 Å². The van der Waals surface area contributed by atoms with Gasteiger partial charge < -0.3 is 20.1 Å². The molecule has 0 aliphatic rings. The number of rotatable bonds is 11. The van der Waals surface area contributed by atoms with Crippen LogP contribution in [0.5, 0.6) is 11.5 Å². The van der Waals surface area contributed by atoms with Crippen LogP contribution in [-0.2, 0) is 6.54 Å². The molecule has 162 valence electrons. The van der Waals surface area contributed by atoms with Gasteiger partial charge in [0.2, 0.25) is 0 Å². The Morgan fingerprint density at radius 2 is 1.93 bits per heavy atom. The molecule has 0 atom stereocenters. The Hall–Kier alpha value is -1.36. The number of hydrogen-bond donors (Lipinski definition) is 2. The average molecular weight is 514 g/mol. The van der Waals surface area contributed by atoms with Crippen molar-refractivity contribution in [2.24, 2.45) is 4.99 Å². The first-order chi connectivity index (χ1) is 12.9. The zero-order chi connectivity index (χ0) is 20.2. The summed E-state index contributed by atoms with van der Waals surface area (Å²) in [6.07, 6.45) is 0. The standard InChI is InChI=1S/C19H32F2N4O2.HI/c1-6-22-19(23-10-11-25(7-2)14(3)4)24-13-15-12-16(26-5)8-9-17(15)27-18(20)21;/h8-9,12,14,18H,6-7,10-11,13H2,1-5H3,(H2,22,23,24);1H. The van der Waals surface area contributed by atoms with Crippen LogP contribution in [0, 0.1) is 0 Å². The van der Waals surface area contributed by atoms with Crippen molar-refractivity contribution in [1.82, 2.24) is 15.5 Å². The third kappa shape index (κ3) is 9.72. The van der Waals surface area contributed by atoms with Gasteiger partial charge >= 0.3 is 6.61 Å². The van der Waals surface area contributed by atoms with E-state index in [1.54, 1.807) is 12.1 Å².